The minimum Gasteiger partial charge on any atom is -0.491 e. The molecule has 11 heteroatoms. The van der Waals surface area contributed by atoms with Gasteiger partial charge in [0.25, 0.3) is 5.91 Å². The number of carbonyl (C=O) groups excluding carboxylic acids is 1. The van der Waals surface area contributed by atoms with Gasteiger partial charge in [0, 0.05) is 31.8 Å². The summed E-state index contributed by atoms with van der Waals surface area (Å²) in [5.41, 5.74) is -0.146. The van der Waals surface area contributed by atoms with Crippen molar-refractivity contribution in [1.82, 2.24) is 20.0 Å². The van der Waals surface area contributed by atoms with Crippen LogP contribution in [0.4, 0.5) is 17.6 Å². The van der Waals surface area contributed by atoms with Crippen molar-refractivity contribution in [2.24, 2.45) is 5.92 Å². The molecule has 0 spiro atoms. The van der Waals surface area contributed by atoms with E-state index in [4.69, 9.17) is 9.47 Å². The SMILES string of the molecule is O=C(NC1COc2ccc(C(F)(F)F)cc2C1F)c1cc2n(n1)CCN(CC1CCOC1)C2. The number of amides is 1. The Hall–Kier alpha value is -2.66. The number of halogens is 4. The Labute approximate surface area is 187 Å². The van der Waals surface area contributed by atoms with Gasteiger partial charge in [0.2, 0.25) is 0 Å². The van der Waals surface area contributed by atoms with Crippen molar-refractivity contribution in [2.45, 2.75) is 37.9 Å². The first-order valence-corrected chi connectivity index (χ1v) is 10.9. The maximum absolute atomic E-state index is 15.1. The molecule has 178 valence electrons. The average molecular weight is 468 g/mol. The van der Waals surface area contributed by atoms with Crippen molar-refractivity contribution in [3.8, 4) is 5.75 Å². The van der Waals surface area contributed by atoms with E-state index in [1.807, 2.05) is 0 Å². The standard InChI is InChI=1S/C22H24F4N4O3/c23-20-16-7-14(22(24,25)26)1-2-19(16)33-12-18(20)27-21(31)17-8-15-10-29(4-5-30(15)28-17)9-13-3-6-32-11-13/h1-2,7-8,13,18,20H,3-6,9-12H2,(H,27,31). The number of nitrogens with one attached hydrogen (secondary N) is 1. The van der Waals surface area contributed by atoms with Crippen molar-refractivity contribution in [3.63, 3.8) is 0 Å². The Morgan fingerprint density at radius 3 is 2.82 bits per heavy atom. The number of alkyl halides is 4. The quantitative estimate of drug-likeness (QED) is 0.699. The number of benzene rings is 1. The minimum absolute atomic E-state index is 0.0474. The van der Waals surface area contributed by atoms with Crippen molar-refractivity contribution >= 4 is 5.91 Å². The Bertz CT molecular complexity index is 1040. The number of hydrogen-bond acceptors (Lipinski definition) is 5. The summed E-state index contributed by atoms with van der Waals surface area (Å²) in [6.07, 6.45) is -5.38. The highest BCUT2D eigenvalue weighted by Crippen LogP contribution is 2.39. The van der Waals surface area contributed by atoms with Gasteiger partial charge in [-0.2, -0.15) is 18.3 Å². The zero-order chi connectivity index (χ0) is 23.2. The fourth-order valence-electron chi connectivity index (χ4n) is 4.59. The summed E-state index contributed by atoms with van der Waals surface area (Å²) in [7, 11) is 0. The van der Waals surface area contributed by atoms with E-state index in [2.05, 4.69) is 15.3 Å². The molecule has 33 heavy (non-hydrogen) atoms. The van der Waals surface area contributed by atoms with Gasteiger partial charge in [0.05, 0.1) is 30.5 Å². The highest BCUT2D eigenvalue weighted by atomic mass is 19.4. The first-order chi connectivity index (χ1) is 15.8. The third-order valence-corrected chi connectivity index (χ3v) is 6.37. The Morgan fingerprint density at radius 1 is 1.21 bits per heavy atom. The van der Waals surface area contributed by atoms with Crippen molar-refractivity contribution in [3.05, 3.63) is 46.8 Å². The van der Waals surface area contributed by atoms with Gasteiger partial charge in [0.1, 0.15) is 12.4 Å². The fourth-order valence-corrected chi connectivity index (χ4v) is 4.59. The summed E-state index contributed by atoms with van der Waals surface area (Å²) in [5.74, 6) is -0.0266. The summed E-state index contributed by atoms with van der Waals surface area (Å²) < 4.78 is 66.7. The zero-order valence-electron chi connectivity index (χ0n) is 17.8. The molecule has 0 saturated carbocycles. The largest absolute Gasteiger partial charge is 0.491 e. The number of rotatable bonds is 4. The van der Waals surface area contributed by atoms with Gasteiger partial charge >= 0.3 is 6.18 Å². The summed E-state index contributed by atoms with van der Waals surface area (Å²) in [4.78, 5) is 15.1. The molecule has 0 aliphatic carbocycles. The highest BCUT2D eigenvalue weighted by Gasteiger charge is 2.37. The van der Waals surface area contributed by atoms with E-state index < -0.39 is 29.9 Å². The molecule has 4 heterocycles. The number of fused-ring (bicyclic) bond motifs is 2. The lowest BCUT2D eigenvalue weighted by Crippen LogP contribution is -2.44. The molecule has 1 amide bonds. The number of hydrogen-bond donors (Lipinski definition) is 1. The third-order valence-electron chi connectivity index (χ3n) is 6.37. The lowest BCUT2D eigenvalue weighted by Gasteiger charge is -2.29. The van der Waals surface area contributed by atoms with E-state index in [-0.39, 0.29) is 23.6 Å². The zero-order valence-corrected chi connectivity index (χ0v) is 17.8. The summed E-state index contributed by atoms with van der Waals surface area (Å²) >= 11 is 0. The maximum Gasteiger partial charge on any atom is 0.416 e. The average Bonchev–Trinajstić information content (AvgIpc) is 3.44. The minimum atomic E-state index is -4.60. The van der Waals surface area contributed by atoms with Crippen LogP contribution < -0.4 is 10.1 Å². The monoisotopic (exact) mass is 468 g/mol. The van der Waals surface area contributed by atoms with Crippen LogP contribution in [0.1, 0.15) is 39.9 Å². The first-order valence-electron chi connectivity index (χ1n) is 10.9. The van der Waals surface area contributed by atoms with E-state index >= 15 is 4.39 Å². The van der Waals surface area contributed by atoms with E-state index in [1.54, 1.807) is 10.7 Å². The van der Waals surface area contributed by atoms with Crippen LogP contribution in [-0.2, 0) is 24.0 Å². The fraction of sp³-hybridized carbons (Fsp3) is 0.545. The van der Waals surface area contributed by atoms with Crippen LogP contribution in [0.2, 0.25) is 0 Å². The van der Waals surface area contributed by atoms with Crippen molar-refractivity contribution < 1.29 is 31.8 Å². The molecule has 0 bridgehead atoms. The van der Waals surface area contributed by atoms with Gasteiger partial charge < -0.3 is 14.8 Å². The van der Waals surface area contributed by atoms with E-state index in [1.165, 1.54) is 0 Å². The number of aromatic nitrogens is 2. The van der Waals surface area contributed by atoms with Crippen LogP contribution in [0.5, 0.6) is 5.75 Å². The summed E-state index contributed by atoms with van der Waals surface area (Å²) in [6.45, 7) is 4.41. The van der Waals surface area contributed by atoms with Gasteiger partial charge in [-0.1, -0.05) is 0 Å². The lowest BCUT2D eigenvalue weighted by atomic mass is 9.98. The maximum atomic E-state index is 15.1. The van der Waals surface area contributed by atoms with Crippen molar-refractivity contribution in [1.29, 1.82) is 0 Å². The Kier molecular flexibility index (Phi) is 5.77. The second-order valence-electron chi connectivity index (χ2n) is 8.75. The van der Waals surface area contributed by atoms with Crippen LogP contribution in [0.3, 0.4) is 0 Å². The molecule has 0 radical (unpaired) electrons. The summed E-state index contributed by atoms with van der Waals surface area (Å²) in [6, 6.07) is 3.25. The molecule has 7 nitrogen and oxygen atoms in total. The molecule has 1 saturated heterocycles. The predicted molar refractivity (Wildman–Crippen MR) is 108 cm³/mol. The van der Waals surface area contributed by atoms with Gasteiger partial charge in [-0.05, 0) is 36.6 Å². The lowest BCUT2D eigenvalue weighted by molar-refractivity contribution is -0.137. The molecule has 3 aliphatic heterocycles. The molecular weight excluding hydrogens is 444 g/mol. The van der Waals surface area contributed by atoms with Crippen molar-refractivity contribution in [2.75, 3.05) is 32.9 Å². The Morgan fingerprint density at radius 2 is 2.06 bits per heavy atom. The molecule has 1 N–H and O–H groups in total. The molecule has 3 unspecified atom stereocenters. The second kappa shape index (κ2) is 8.60. The van der Waals surface area contributed by atoms with Gasteiger partial charge in [0.15, 0.2) is 11.9 Å². The predicted octanol–water partition coefficient (Wildman–Crippen LogP) is 2.96. The van der Waals surface area contributed by atoms with Crippen LogP contribution >= 0.6 is 0 Å². The molecule has 2 aromatic rings. The molecule has 3 atom stereocenters. The molecule has 5 rings (SSSR count). The van der Waals surface area contributed by atoms with E-state index in [0.29, 0.717) is 19.0 Å². The first kappa shape index (κ1) is 22.1. The second-order valence-corrected chi connectivity index (χ2v) is 8.75. The number of nitrogens with zero attached hydrogens (tertiary/aromatic N) is 3. The van der Waals surface area contributed by atoms with Gasteiger partial charge in [-0.3, -0.25) is 14.4 Å². The molecule has 1 fully saturated rings. The van der Waals surface area contributed by atoms with Gasteiger partial charge in [-0.25, -0.2) is 4.39 Å². The van der Waals surface area contributed by atoms with Crippen LogP contribution in [0.25, 0.3) is 0 Å². The highest BCUT2D eigenvalue weighted by molar-refractivity contribution is 5.92. The molecule has 1 aromatic heterocycles. The van der Waals surface area contributed by atoms with Crippen LogP contribution in [0, 0.1) is 5.92 Å². The number of ether oxygens (including phenoxy) is 2. The topological polar surface area (TPSA) is 68.6 Å². The normalized spacial score (nSPS) is 25.3. The Balaban J connectivity index is 1.25. The van der Waals surface area contributed by atoms with Crippen LogP contribution in [0.15, 0.2) is 24.3 Å². The molecular formula is C22H24F4N4O3. The van der Waals surface area contributed by atoms with E-state index in [9.17, 15) is 18.0 Å². The third kappa shape index (κ3) is 4.56. The molecule has 3 aliphatic rings. The van der Waals surface area contributed by atoms with E-state index in [0.717, 1.165) is 56.6 Å². The van der Waals surface area contributed by atoms with Crippen LogP contribution in [-0.4, -0.2) is 59.5 Å². The number of carbonyl (C=O) groups is 1. The van der Waals surface area contributed by atoms with Gasteiger partial charge in [-0.15, -0.1) is 0 Å². The smallest absolute Gasteiger partial charge is 0.416 e. The molecule has 1 aromatic carbocycles. The summed E-state index contributed by atoms with van der Waals surface area (Å²) in [5, 5.41) is 6.88.